The molecule has 1 atom stereocenters. The average Bonchev–Trinajstić information content (AvgIpc) is 2.68. The molecule has 0 heterocycles. The maximum absolute atomic E-state index is 10.2. The number of benzene rings is 3. The normalized spacial score (nSPS) is 11.4. The molecule has 0 aromatic heterocycles. The van der Waals surface area contributed by atoms with Gasteiger partial charge in [-0.05, 0) is 17.2 Å². The molecule has 3 aromatic carbocycles. The van der Waals surface area contributed by atoms with Gasteiger partial charge in [-0.15, -0.1) is 0 Å². The third-order valence-corrected chi connectivity index (χ3v) is 4.05. The highest BCUT2D eigenvalue weighted by molar-refractivity contribution is 5.33. The number of ether oxygens (including phenoxy) is 1. The highest BCUT2D eigenvalue weighted by Gasteiger charge is 2.08. The van der Waals surface area contributed by atoms with E-state index < -0.39 is 6.10 Å². The van der Waals surface area contributed by atoms with Crippen molar-refractivity contribution >= 4 is 0 Å². The molecule has 3 aromatic rings. The fourth-order valence-electron chi connectivity index (χ4n) is 2.66. The summed E-state index contributed by atoms with van der Waals surface area (Å²) in [5, 5.41) is 13.5. The van der Waals surface area contributed by atoms with Crippen LogP contribution in [0, 0.1) is 0 Å². The molecule has 2 N–H and O–H groups in total. The van der Waals surface area contributed by atoms with E-state index in [1.54, 1.807) is 0 Å². The molecular formula is C22H23ClNO2-. The van der Waals surface area contributed by atoms with Gasteiger partial charge < -0.3 is 27.6 Å². The molecule has 4 heteroatoms. The van der Waals surface area contributed by atoms with Gasteiger partial charge in [0.05, 0.1) is 6.10 Å². The van der Waals surface area contributed by atoms with Gasteiger partial charge in [-0.3, -0.25) is 0 Å². The van der Waals surface area contributed by atoms with Crippen molar-refractivity contribution in [1.29, 1.82) is 0 Å². The highest BCUT2D eigenvalue weighted by Crippen LogP contribution is 2.19. The van der Waals surface area contributed by atoms with Crippen LogP contribution in [0.4, 0.5) is 0 Å². The van der Waals surface area contributed by atoms with Gasteiger partial charge in [0.1, 0.15) is 12.4 Å². The topological polar surface area (TPSA) is 41.5 Å². The number of hydrogen-bond acceptors (Lipinski definition) is 3. The van der Waals surface area contributed by atoms with Gasteiger partial charge in [0, 0.05) is 18.7 Å². The lowest BCUT2D eigenvalue weighted by atomic mass is 10.1. The van der Waals surface area contributed by atoms with Crippen molar-refractivity contribution in [2.24, 2.45) is 0 Å². The van der Waals surface area contributed by atoms with Crippen LogP contribution in [0.3, 0.4) is 0 Å². The molecule has 0 spiro atoms. The number of nitrogens with one attached hydrogen (secondary N) is 1. The van der Waals surface area contributed by atoms with Gasteiger partial charge in [0.25, 0.3) is 0 Å². The molecule has 0 aliphatic heterocycles. The second-order valence-corrected chi connectivity index (χ2v) is 5.94. The Hall–Kier alpha value is -2.33. The molecule has 0 bridgehead atoms. The van der Waals surface area contributed by atoms with Gasteiger partial charge in [-0.1, -0.05) is 78.9 Å². The standard InChI is InChI=1S/C22H23NO2.ClH/c24-21(19-11-5-2-6-12-19)16-23-15-20-13-7-8-14-22(20)25-17-18-9-3-1-4-10-18;/h1-14,21,23-24H,15-17H2;1H/p-1. The number of halogens is 1. The number of rotatable bonds is 8. The van der Waals surface area contributed by atoms with E-state index in [1.807, 2.05) is 72.8 Å². The first-order valence-electron chi connectivity index (χ1n) is 8.51. The van der Waals surface area contributed by atoms with Gasteiger partial charge >= 0.3 is 0 Å². The smallest absolute Gasteiger partial charge is 0.124 e. The maximum Gasteiger partial charge on any atom is 0.124 e. The van der Waals surface area contributed by atoms with E-state index in [0.29, 0.717) is 19.7 Å². The summed E-state index contributed by atoms with van der Waals surface area (Å²) in [4.78, 5) is 0. The Morgan fingerprint density at radius 3 is 2.15 bits per heavy atom. The van der Waals surface area contributed by atoms with Crippen molar-refractivity contribution in [1.82, 2.24) is 5.32 Å². The molecular weight excluding hydrogens is 346 g/mol. The summed E-state index contributed by atoms with van der Waals surface area (Å²) in [5.41, 5.74) is 3.15. The fourth-order valence-corrected chi connectivity index (χ4v) is 2.66. The van der Waals surface area contributed by atoms with Gasteiger partial charge in [-0.25, -0.2) is 0 Å². The first-order chi connectivity index (χ1) is 12.3. The van der Waals surface area contributed by atoms with Crippen molar-refractivity contribution in [3.05, 3.63) is 102 Å². The van der Waals surface area contributed by atoms with E-state index in [0.717, 1.165) is 22.4 Å². The van der Waals surface area contributed by atoms with Crippen LogP contribution in [-0.2, 0) is 13.2 Å². The molecule has 0 saturated heterocycles. The van der Waals surface area contributed by atoms with Gasteiger partial charge in [-0.2, -0.15) is 0 Å². The molecule has 1 unspecified atom stereocenters. The van der Waals surface area contributed by atoms with E-state index in [4.69, 9.17) is 4.74 Å². The van der Waals surface area contributed by atoms with Crippen LogP contribution < -0.4 is 22.5 Å². The Morgan fingerprint density at radius 2 is 1.42 bits per heavy atom. The van der Waals surface area contributed by atoms with Crippen LogP contribution in [0.2, 0.25) is 0 Å². The number of hydrogen-bond donors (Lipinski definition) is 2. The van der Waals surface area contributed by atoms with Crippen molar-refractivity contribution < 1.29 is 22.3 Å². The highest BCUT2D eigenvalue weighted by atomic mass is 35.5. The lowest BCUT2D eigenvalue weighted by molar-refractivity contribution is -0.00000701. The molecule has 0 saturated carbocycles. The SMILES string of the molecule is OC(CNCc1ccccc1OCc1ccccc1)c1ccccc1.[Cl-]. The van der Waals surface area contributed by atoms with E-state index >= 15 is 0 Å². The zero-order valence-corrected chi connectivity index (χ0v) is 15.3. The molecule has 136 valence electrons. The molecule has 0 radical (unpaired) electrons. The minimum atomic E-state index is -0.515. The third kappa shape index (κ3) is 5.88. The van der Waals surface area contributed by atoms with Crippen LogP contribution in [0.15, 0.2) is 84.9 Å². The summed E-state index contributed by atoms with van der Waals surface area (Å²) in [5.74, 6) is 0.869. The Balaban J connectivity index is 0.00000243. The summed E-state index contributed by atoms with van der Waals surface area (Å²) in [7, 11) is 0. The number of aliphatic hydroxyl groups excluding tert-OH is 1. The zero-order valence-electron chi connectivity index (χ0n) is 14.5. The molecule has 26 heavy (non-hydrogen) atoms. The minimum Gasteiger partial charge on any atom is -1.00 e. The fraction of sp³-hybridized carbons (Fsp3) is 0.182. The van der Waals surface area contributed by atoms with Crippen molar-refractivity contribution in [2.45, 2.75) is 19.3 Å². The molecule has 0 aliphatic carbocycles. The summed E-state index contributed by atoms with van der Waals surface area (Å²) in [6.45, 7) is 1.69. The summed E-state index contributed by atoms with van der Waals surface area (Å²) in [6.07, 6.45) is -0.515. The molecule has 3 rings (SSSR count). The third-order valence-electron chi connectivity index (χ3n) is 4.05. The summed E-state index contributed by atoms with van der Waals surface area (Å²) >= 11 is 0. The zero-order chi connectivity index (χ0) is 17.3. The predicted molar refractivity (Wildman–Crippen MR) is 100 cm³/mol. The Bertz CT molecular complexity index is 765. The minimum absolute atomic E-state index is 0. The Morgan fingerprint density at radius 1 is 0.808 bits per heavy atom. The van der Waals surface area contributed by atoms with E-state index in [-0.39, 0.29) is 12.4 Å². The summed E-state index contributed by atoms with van der Waals surface area (Å²) < 4.78 is 5.96. The number of para-hydroxylation sites is 1. The molecule has 0 amide bonds. The molecule has 0 aliphatic rings. The van der Waals surface area contributed by atoms with Gasteiger partial charge in [0.15, 0.2) is 0 Å². The van der Waals surface area contributed by atoms with E-state index in [9.17, 15) is 5.11 Å². The first kappa shape index (κ1) is 20.0. The molecule has 3 nitrogen and oxygen atoms in total. The predicted octanol–water partition coefficient (Wildman–Crippen LogP) is 1.09. The first-order valence-corrected chi connectivity index (χ1v) is 8.51. The van der Waals surface area contributed by atoms with Crippen LogP contribution in [0.1, 0.15) is 22.8 Å². The van der Waals surface area contributed by atoms with E-state index in [2.05, 4.69) is 17.4 Å². The molecule has 0 fully saturated rings. The van der Waals surface area contributed by atoms with Crippen molar-refractivity contribution in [3.63, 3.8) is 0 Å². The van der Waals surface area contributed by atoms with Crippen LogP contribution >= 0.6 is 0 Å². The monoisotopic (exact) mass is 368 g/mol. The Labute approximate surface area is 161 Å². The van der Waals surface area contributed by atoms with Crippen LogP contribution in [0.25, 0.3) is 0 Å². The second-order valence-electron chi connectivity index (χ2n) is 5.94. The maximum atomic E-state index is 10.2. The average molecular weight is 369 g/mol. The van der Waals surface area contributed by atoms with Crippen LogP contribution in [-0.4, -0.2) is 11.7 Å². The van der Waals surface area contributed by atoms with Crippen LogP contribution in [0.5, 0.6) is 5.75 Å². The summed E-state index contributed by atoms with van der Waals surface area (Å²) in [6, 6.07) is 27.8. The lowest BCUT2D eigenvalue weighted by Crippen LogP contribution is -3.00. The number of aliphatic hydroxyl groups is 1. The Kier molecular flexibility index (Phi) is 8.16. The van der Waals surface area contributed by atoms with Crippen molar-refractivity contribution in [3.8, 4) is 5.75 Å². The van der Waals surface area contributed by atoms with Crippen molar-refractivity contribution in [2.75, 3.05) is 6.54 Å². The lowest BCUT2D eigenvalue weighted by Gasteiger charge is -2.15. The van der Waals surface area contributed by atoms with Gasteiger partial charge in [0.2, 0.25) is 0 Å². The quantitative estimate of drug-likeness (QED) is 0.625. The second kappa shape index (κ2) is 10.6. The van der Waals surface area contributed by atoms with E-state index in [1.165, 1.54) is 0 Å². The largest absolute Gasteiger partial charge is 1.00 e.